The van der Waals surface area contributed by atoms with Crippen molar-refractivity contribution in [3.8, 4) is 0 Å². The first-order valence-corrected chi connectivity index (χ1v) is 13.3. The van der Waals surface area contributed by atoms with Crippen LogP contribution in [0.3, 0.4) is 0 Å². The lowest BCUT2D eigenvalue weighted by atomic mass is 9.77. The zero-order valence-electron chi connectivity index (χ0n) is 21.5. The number of ether oxygens (including phenoxy) is 1. The van der Waals surface area contributed by atoms with E-state index in [2.05, 4.69) is 12.1 Å². The van der Waals surface area contributed by atoms with Gasteiger partial charge in [0.2, 0.25) is 0 Å². The van der Waals surface area contributed by atoms with Crippen LogP contribution in [-0.4, -0.2) is 34.6 Å². The Hall–Kier alpha value is -2.60. The SMILES string of the molecule is CC(C)(C(=O)CC(CCOC1CC(CCc2ccc3c(n2)CCCC3)C1)C(=O)O)c1ccc(F)cc1. The second kappa shape index (κ2) is 11.6. The monoisotopic (exact) mass is 495 g/mol. The number of hydrogen-bond donors (Lipinski definition) is 1. The van der Waals surface area contributed by atoms with Crippen molar-refractivity contribution < 1.29 is 23.8 Å². The summed E-state index contributed by atoms with van der Waals surface area (Å²) in [6.07, 6.45) is 9.30. The topological polar surface area (TPSA) is 76.5 Å². The zero-order valence-corrected chi connectivity index (χ0v) is 21.5. The van der Waals surface area contributed by atoms with E-state index in [0.29, 0.717) is 24.5 Å². The maximum atomic E-state index is 13.3. The lowest BCUT2D eigenvalue weighted by Gasteiger charge is -2.35. The third kappa shape index (κ3) is 6.58. The molecule has 1 fully saturated rings. The summed E-state index contributed by atoms with van der Waals surface area (Å²) in [5.41, 5.74) is 3.71. The Bertz CT molecular complexity index is 1060. The molecule has 2 aromatic rings. The minimum absolute atomic E-state index is 0.0653. The standard InChI is InChI=1S/C30H38FNO4/c1-30(2,23-9-11-24(31)12-10-23)28(33)19-22(29(34)35)15-16-36-26-17-20(18-26)7-13-25-14-8-21-5-3-4-6-27(21)32-25/h8-12,14,20,22,26H,3-7,13,15-19H2,1-2H3,(H,34,35). The van der Waals surface area contributed by atoms with Gasteiger partial charge in [0.05, 0.1) is 12.0 Å². The van der Waals surface area contributed by atoms with E-state index in [0.717, 1.165) is 38.5 Å². The van der Waals surface area contributed by atoms with Gasteiger partial charge >= 0.3 is 5.97 Å². The van der Waals surface area contributed by atoms with Crippen LogP contribution in [0.1, 0.15) is 81.3 Å². The fourth-order valence-electron chi connectivity index (χ4n) is 5.36. The van der Waals surface area contributed by atoms with Crippen molar-refractivity contribution in [2.45, 2.75) is 89.6 Å². The second-order valence-electron chi connectivity index (χ2n) is 11.1. The number of pyridine rings is 1. The Balaban J connectivity index is 1.17. The molecular weight excluding hydrogens is 457 g/mol. The molecule has 1 aromatic heterocycles. The molecule has 2 aliphatic rings. The van der Waals surface area contributed by atoms with Crippen LogP contribution in [0.4, 0.5) is 4.39 Å². The molecule has 0 bridgehead atoms. The van der Waals surface area contributed by atoms with Gasteiger partial charge in [0.1, 0.15) is 11.6 Å². The molecule has 36 heavy (non-hydrogen) atoms. The van der Waals surface area contributed by atoms with Crippen LogP contribution >= 0.6 is 0 Å². The lowest BCUT2D eigenvalue weighted by Crippen LogP contribution is -2.34. The van der Waals surface area contributed by atoms with Crippen LogP contribution in [0, 0.1) is 17.7 Å². The fourth-order valence-corrected chi connectivity index (χ4v) is 5.36. The number of fused-ring (bicyclic) bond motifs is 1. The highest BCUT2D eigenvalue weighted by molar-refractivity contribution is 5.92. The first kappa shape index (κ1) is 26.5. The number of rotatable bonds is 12. The molecule has 0 aliphatic heterocycles. The average Bonchev–Trinajstić information content (AvgIpc) is 2.84. The van der Waals surface area contributed by atoms with E-state index in [1.54, 1.807) is 26.0 Å². The fraction of sp³-hybridized carbons (Fsp3) is 0.567. The van der Waals surface area contributed by atoms with Crippen molar-refractivity contribution >= 4 is 11.8 Å². The molecule has 194 valence electrons. The number of aryl methyl sites for hydroxylation is 3. The van der Waals surface area contributed by atoms with Gasteiger partial charge in [-0.25, -0.2) is 4.39 Å². The number of benzene rings is 1. The van der Waals surface area contributed by atoms with Gasteiger partial charge in [0, 0.05) is 29.8 Å². The lowest BCUT2D eigenvalue weighted by molar-refractivity contribution is -0.145. The molecule has 1 N–H and O–H groups in total. The molecule has 1 saturated carbocycles. The summed E-state index contributed by atoms with van der Waals surface area (Å²) in [5.74, 6) is -1.67. The number of aliphatic carboxylic acids is 1. The smallest absolute Gasteiger partial charge is 0.307 e. The summed E-state index contributed by atoms with van der Waals surface area (Å²) in [6, 6.07) is 10.3. The first-order valence-electron chi connectivity index (χ1n) is 13.3. The maximum absolute atomic E-state index is 13.3. The van der Waals surface area contributed by atoms with Crippen molar-refractivity contribution in [2.24, 2.45) is 11.8 Å². The molecule has 0 radical (unpaired) electrons. The van der Waals surface area contributed by atoms with Crippen molar-refractivity contribution in [1.29, 1.82) is 0 Å². The highest BCUT2D eigenvalue weighted by Gasteiger charge is 2.34. The van der Waals surface area contributed by atoms with Crippen LogP contribution in [0.2, 0.25) is 0 Å². The summed E-state index contributed by atoms with van der Waals surface area (Å²) in [7, 11) is 0. The quantitative estimate of drug-likeness (QED) is 0.399. The number of ketones is 1. The van der Waals surface area contributed by atoms with E-state index in [-0.39, 0.29) is 24.1 Å². The molecule has 1 heterocycles. The highest BCUT2D eigenvalue weighted by Crippen LogP contribution is 2.34. The van der Waals surface area contributed by atoms with Crippen molar-refractivity contribution in [2.75, 3.05) is 6.61 Å². The van der Waals surface area contributed by atoms with E-state index in [9.17, 15) is 19.1 Å². The Labute approximate surface area is 213 Å². The number of carboxylic acids is 1. The van der Waals surface area contributed by atoms with Gasteiger partial charge in [-0.05, 0) is 107 Å². The average molecular weight is 496 g/mol. The van der Waals surface area contributed by atoms with Crippen molar-refractivity contribution in [3.05, 3.63) is 64.7 Å². The minimum atomic E-state index is -0.981. The minimum Gasteiger partial charge on any atom is -0.481 e. The van der Waals surface area contributed by atoms with Crippen LogP contribution < -0.4 is 0 Å². The molecule has 0 amide bonds. The highest BCUT2D eigenvalue weighted by atomic mass is 19.1. The summed E-state index contributed by atoms with van der Waals surface area (Å²) in [4.78, 5) is 29.6. The van der Waals surface area contributed by atoms with Crippen LogP contribution in [-0.2, 0) is 39.0 Å². The predicted molar refractivity (Wildman–Crippen MR) is 136 cm³/mol. The van der Waals surface area contributed by atoms with Gasteiger partial charge in [0.15, 0.2) is 0 Å². The molecule has 5 nitrogen and oxygen atoms in total. The normalized spacial score (nSPS) is 20.3. The van der Waals surface area contributed by atoms with E-state index < -0.39 is 17.3 Å². The van der Waals surface area contributed by atoms with E-state index in [1.807, 2.05) is 0 Å². The van der Waals surface area contributed by atoms with E-state index in [4.69, 9.17) is 9.72 Å². The van der Waals surface area contributed by atoms with E-state index in [1.165, 1.54) is 41.9 Å². The summed E-state index contributed by atoms with van der Waals surface area (Å²) < 4.78 is 19.2. The Morgan fingerprint density at radius 2 is 1.83 bits per heavy atom. The summed E-state index contributed by atoms with van der Waals surface area (Å²) in [6.45, 7) is 3.85. The molecule has 2 aliphatic carbocycles. The Kier molecular flexibility index (Phi) is 8.55. The predicted octanol–water partition coefficient (Wildman–Crippen LogP) is 5.86. The maximum Gasteiger partial charge on any atom is 0.307 e. The van der Waals surface area contributed by atoms with Crippen LogP contribution in [0.15, 0.2) is 36.4 Å². The molecule has 4 rings (SSSR count). The molecule has 1 aromatic carbocycles. The first-order chi connectivity index (χ1) is 17.2. The third-order valence-electron chi connectivity index (χ3n) is 8.10. The third-order valence-corrected chi connectivity index (χ3v) is 8.10. The number of hydrogen-bond acceptors (Lipinski definition) is 4. The van der Waals surface area contributed by atoms with Gasteiger partial charge in [-0.2, -0.15) is 0 Å². The molecule has 1 atom stereocenters. The molecule has 1 unspecified atom stereocenters. The number of carboxylic acid groups (broad SMARTS) is 1. The summed E-state index contributed by atoms with van der Waals surface area (Å²) >= 11 is 0. The number of carbonyl (C=O) groups excluding carboxylic acids is 1. The Morgan fingerprint density at radius 1 is 1.11 bits per heavy atom. The Morgan fingerprint density at radius 3 is 2.56 bits per heavy atom. The zero-order chi connectivity index (χ0) is 25.7. The van der Waals surface area contributed by atoms with E-state index >= 15 is 0 Å². The molecule has 0 saturated heterocycles. The molecule has 0 spiro atoms. The van der Waals surface area contributed by atoms with Crippen molar-refractivity contribution in [1.82, 2.24) is 4.98 Å². The molecule has 6 heteroatoms. The summed E-state index contributed by atoms with van der Waals surface area (Å²) in [5, 5.41) is 9.66. The van der Waals surface area contributed by atoms with Crippen LogP contribution in [0.25, 0.3) is 0 Å². The van der Waals surface area contributed by atoms with Gasteiger partial charge in [-0.15, -0.1) is 0 Å². The number of halogens is 1. The van der Waals surface area contributed by atoms with Crippen LogP contribution in [0.5, 0.6) is 0 Å². The van der Waals surface area contributed by atoms with Gasteiger partial charge < -0.3 is 9.84 Å². The van der Waals surface area contributed by atoms with Crippen molar-refractivity contribution in [3.63, 3.8) is 0 Å². The van der Waals surface area contributed by atoms with Gasteiger partial charge in [-0.3, -0.25) is 14.6 Å². The van der Waals surface area contributed by atoms with Gasteiger partial charge in [0.25, 0.3) is 0 Å². The number of carbonyl (C=O) groups is 2. The molecular formula is C30H38FNO4. The number of nitrogens with zero attached hydrogens (tertiary/aromatic N) is 1. The largest absolute Gasteiger partial charge is 0.481 e. The second-order valence-corrected chi connectivity index (χ2v) is 11.1. The number of Topliss-reactive ketones (excluding diaryl/α,β-unsaturated/α-hetero) is 1. The number of aromatic nitrogens is 1. The van der Waals surface area contributed by atoms with Gasteiger partial charge in [-0.1, -0.05) is 18.2 Å².